The minimum Gasteiger partial charge on any atom is -0.508 e. The van der Waals surface area contributed by atoms with Crippen molar-refractivity contribution >= 4 is 50.0 Å². The molecule has 5 aromatic rings. The van der Waals surface area contributed by atoms with Crippen LogP contribution in [0.5, 0.6) is 17.2 Å². The molecule has 222 valence electrons. The molecule has 0 atom stereocenters. The van der Waals surface area contributed by atoms with Crippen molar-refractivity contribution in [3.63, 3.8) is 0 Å². The number of ether oxygens (including phenoxy) is 2. The fraction of sp³-hybridized carbons (Fsp3) is 0.129. The first-order valence-electron chi connectivity index (χ1n) is 12.7. The quantitative estimate of drug-likeness (QED) is 0.157. The Morgan fingerprint density at radius 3 is 2.16 bits per heavy atom. The Morgan fingerprint density at radius 1 is 0.791 bits per heavy atom. The van der Waals surface area contributed by atoms with E-state index in [0.29, 0.717) is 39.3 Å². The fourth-order valence-corrected chi connectivity index (χ4v) is 5.27. The number of methoxy groups -OCH3 is 2. The van der Waals surface area contributed by atoms with Gasteiger partial charge in [-0.3, -0.25) is 9.52 Å². The molecular formula is C31H31N5O6S. The minimum absolute atomic E-state index is 0. The minimum atomic E-state index is -4.19. The van der Waals surface area contributed by atoms with Gasteiger partial charge in [0.25, 0.3) is 15.9 Å². The zero-order valence-electron chi connectivity index (χ0n) is 22.9. The van der Waals surface area contributed by atoms with Crippen molar-refractivity contribution in [2.24, 2.45) is 0 Å². The number of rotatable bonds is 9. The van der Waals surface area contributed by atoms with Gasteiger partial charge in [0.2, 0.25) is 0 Å². The van der Waals surface area contributed by atoms with Gasteiger partial charge >= 0.3 is 0 Å². The SMILES string of the molecule is C.COc1cc(O)cc(Nc2nc3ccccc3nc2NS(=O)(=O)c2cccc(NC(=O)c3ccc(OC)cc3C)c2)c1. The molecule has 12 heteroatoms. The third-order valence-electron chi connectivity index (χ3n) is 6.27. The second-order valence-electron chi connectivity index (χ2n) is 9.22. The van der Waals surface area contributed by atoms with Crippen molar-refractivity contribution in [2.45, 2.75) is 19.2 Å². The van der Waals surface area contributed by atoms with Crippen LogP contribution in [0.2, 0.25) is 0 Å². The van der Waals surface area contributed by atoms with E-state index in [4.69, 9.17) is 9.47 Å². The summed E-state index contributed by atoms with van der Waals surface area (Å²) in [7, 11) is -1.19. The number of carbonyl (C=O) groups is 1. The molecule has 1 heterocycles. The first kappa shape index (κ1) is 30.6. The summed E-state index contributed by atoms with van der Waals surface area (Å²) in [6, 6.07) is 22.4. The second-order valence-corrected chi connectivity index (χ2v) is 10.9. The topological polar surface area (TPSA) is 152 Å². The number of carbonyl (C=O) groups excluding carboxylic acids is 1. The van der Waals surface area contributed by atoms with Gasteiger partial charge in [-0.05, 0) is 61.0 Å². The third kappa shape index (κ3) is 6.93. The maximum Gasteiger partial charge on any atom is 0.263 e. The number of aromatic nitrogens is 2. The summed E-state index contributed by atoms with van der Waals surface area (Å²) in [5.41, 5.74) is 2.80. The number of nitrogens with zero attached hydrogens (tertiary/aromatic N) is 2. The monoisotopic (exact) mass is 601 g/mol. The second kappa shape index (κ2) is 12.7. The van der Waals surface area contributed by atoms with Crippen molar-refractivity contribution in [3.8, 4) is 17.2 Å². The molecule has 0 aliphatic carbocycles. The summed E-state index contributed by atoms with van der Waals surface area (Å²) in [6.45, 7) is 1.78. The van der Waals surface area contributed by atoms with E-state index in [-0.39, 0.29) is 35.4 Å². The van der Waals surface area contributed by atoms with Gasteiger partial charge in [-0.1, -0.05) is 25.6 Å². The van der Waals surface area contributed by atoms with Crippen LogP contribution in [0.1, 0.15) is 23.3 Å². The molecule has 0 saturated carbocycles. The van der Waals surface area contributed by atoms with Crippen LogP contribution in [0.3, 0.4) is 0 Å². The van der Waals surface area contributed by atoms with E-state index >= 15 is 0 Å². The van der Waals surface area contributed by atoms with Gasteiger partial charge in [0.05, 0.1) is 30.1 Å². The van der Waals surface area contributed by atoms with Crippen LogP contribution in [0.25, 0.3) is 11.0 Å². The Morgan fingerprint density at radius 2 is 1.49 bits per heavy atom. The van der Waals surface area contributed by atoms with Crippen LogP contribution in [-0.4, -0.2) is 43.6 Å². The summed E-state index contributed by atoms with van der Waals surface area (Å²) < 4.78 is 40.0. The summed E-state index contributed by atoms with van der Waals surface area (Å²) in [6.07, 6.45) is 0. The molecule has 0 radical (unpaired) electrons. The standard InChI is InChI=1S/C30H27N5O6S.CH4/c1-18-13-22(40-2)11-12-25(18)30(37)32-19-7-6-8-24(16-19)42(38,39)35-29-28(33-26-9-4-5-10-27(26)34-29)31-20-14-21(36)17-23(15-20)41-3;/h4-17,36H,1-3H3,(H,31,33)(H,32,37)(H,34,35);1H4. The number of phenols is 1. The lowest BCUT2D eigenvalue weighted by molar-refractivity contribution is 0.102. The number of para-hydroxylation sites is 2. The molecule has 0 fully saturated rings. The number of anilines is 4. The molecule has 11 nitrogen and oxygen atoms in total. The van der Waals surface area contributed by atoms with Crippen molar-refractivity contribution in [3.05, 3.63) is 96.1 Å². The molecule has 0 saturated heterocycles. The number of phenolic OH excluding ortho intramolecular Hbond substituents is 1. The zero-order chi connectivity index (χ0) is 29.9. The molecule has 1 aromatic heterocycles. The summed E-state index contributed by atoms with van der Waals surface area (Å²) in [4.78, 5) is 21.9. The predicted octanol–water partition coefficient (Wildman–Crippen LogP) is 6.09. The van der Waals surface area contributed by atoms with Crippen LogP contribution >= 0.6 is 0 Å². The maximum absolute atomic E-state index is 13.5. The Hall–Kier alpha value is -5.36. The van der Waals surface area contributed by atoms with Crippen molar-refractivity contribution in [1.29, 1.82) is 0 Å². The van der Waals surface area contributed by atoms with E-state index in [1.54, 1.807) is 68.6 Å². The van der Waals surface area contributed by atoms with Crippen LogP contribution in [0, 0.1) is 6.92 Å². The number of aryl methyl sites for hydroxylation is 1. The van der Waals surface area contributed by atoms with E-state index < -0.39 is 15.9 Å². The molecule has 4 aromatic carbocycles. The van der Waals surface area contributed by atoms with Crippen LogP contribution in [0.15, 0.2) is 89.8 Å². The highest BCUT2D eigenvalue weighted by Crippen LogP contribution is 2.31. The maximum atomic E-state index is 13.5. The van der Waals surface area contributed by atoms with Gasteiger partial charge in [0.15, 0.2) is 11.6 Å². The van der Waals surface area contributed by atoms with E-state index in [0.717, 1.165) is 0 Å². The summed E-state index contributed by atoms with van der Waals surface area (Å²) in [5.74, 6) is 0.584. The highest BCUT2D eigenvalue weighted by molar-refractivity contribution is 7.92. The molecule has 4 N–H and O–H groups in total. The molecule has 0 aliphatic heterocycles. The largest absolute Gasteiger partial charge is 0.508 e. The number of amides is 1. The average molecular weight is 602 g/mol. The lowest BCUT2D eigenvalue weighted by Gasteiger charge is -2.15. The highest BCUT2D eigenvalue weighted by atomic mass is 32.2. The third-order valence-corrected chi connectivity index (χ3v) is 7.61. The first-order chi connectivity index (χ1) is 20.1. The van der Waals surface area contributed by atoms with Gasteiger partial charge < -0.3 is 25.2 Å². The van der Waals surface area contributed by atoms with Gasteiger partial charge in [-0.25, -0.2) is 18.4 Å². The summed E-state index contributed by atoms with van der Waals surface area (Å²) in [5, 5.41) is 15.8. The fourth-order valence-electron chi connectivity index (χ4n) is 4.21. The molecule has 43 heavy (non-hydrogen) atoms. The highest BCUT2D eigenvalue weighted by Gasteiger charge is 2.21. The molecule has 0 aliphatic rings. The van der Waals surface area contributed by atoms with Gasteiger partial charge in [0, 0.05) is 35.1 Å². The number of nitrogens with one attached hydrogen (secondary N) is 3. The number of hydrogen-bond acceptors (Lipinski definition) is 9. The Balaban J connectivity index is 0.00000423. The van der Waals surface area contributed by atoms with Gasteiger partial charge in [-0.15, -0.1) is 0 Å². The van der Waals surface area contributed by atoms with E-state index in [1.165, 1.54) is 37.4 Å². The molecule has 1 amide bonds. The smallest absolute Gasteiger partial charge is 0.263 e. The first-order valence-corrected chi connectivity index (χ1v) is 14.1. The van der Waals surface area contributed by atoms with Gasteiger partial charge in [-0.2, -0.15) is 0 Å². The van der Waals surface area contributed by atoms with Crippen LogP contribution in [0.4, 0.5) is 23.0 Å². The average Bonchev–Trinajstić information content (AvgIpc) is 2.97. The number of hydrogen-bond donors (Lipinski definition) is 4. The molecule has 0 spiro atoms. The van der Waals surface area contributed by atoms with E-state index in [9.17, 15) is 18.3 Å². The number of fused-ring (bicyclic) bond motifs is 1. The Kier molecular flexibility index (Phi) is 9.01. The van der Waals surface area contributed by atoms with Crippen molar-refractivity contribution in [1.82, 2.24) is 9.97 Å². The Labute approximate surface area is 249 Å². The molecule has 0 unspecified atom stereocenters. The molecular weight excluding hydrogens is 570 g/mol. The van der Waals surface area contributed by atoms with Gasteiger partial charge in [0.1, 0.15) is 17.2 Å². The lowest BCUT2D eigenvalue weighted by atomic mass is 10.1. The van der Waals surface area contributed by atoms with Crippen LogP contribution < -0.4 is 24.8 Å². The molecule has 5 rings (SSSR count). The molecule has 0 bridgehead atoms. The predicted molar refractivity (Wildman–Crippen MR) is 167 cm³/mol. The normalized spacial score (nSPS) is 10.9. The number of sulfonamides is 1. The lowest BCUT2D eigenvalue weighted by Crippen LogP contribution is -2.17. The summed E-state index contributed by atoms with van der Waals surface area (Å²) >= 11 is 0. The van der Waals surface area contributed by atoms with E-state index in [2.05, 4.69) is 25.3 Å². The van der Waals surface area contributed by atoms with Crippen LogP contribution in [-0.2, 0) is 10.0 Å². The number of benzene rings is 4. The van der Waals surface area contributed by atoms with E-state index in [1.807, 2.05) is 0 Å². The van der Waals surface area contributed by atoms with Crippen molar-refractivity contribution < 1.29 is 27.8 Å². The zero-order valence-corrected chi connectivity index (χ0v) is 23.7. The number of aromatic hydroxyl groups is 1. The van der Waals surface area contributed by atoms with Crippen molar-refractivity contribution in [2.75, 3.05) is 29.6 Å². The Bertz CT molecular complexity index is 1910.